The molecule has 3 atom stereocenters. The van der Waals surface area contributed by atoms with Crippen LogP contribution in [0.25, 0.3) is 0 Å². The lowest BCUT2D eigenvalue weighted by atomic mass is 9.98. The highest BCUT2D eigenvalue weighted by Gasteiger charge is 2.36. The molecule has 188 valence electrons. The summed E-state index contributed by atoms with van der Waals surface area (Å²) in [5.74, 6) is 1.25. The summed E-state index contributed by atoms with van der Waals surface area (Å²) in [5.41, 5.74) is 2.17. The molecule has 0 unspecified atom stereocenters. The molecule has 1 N–H and O–H groups in total. The first-order valence-electron chi connectivity index (χ1n) is 12.3. The quantitative estimate of drug-likeness (QED) is 0.174. The van der Waals surface area contributed by atoms with E-state index in [2.05, 4.69) is 46.9 Å². The third kappa shape index (κ3) is 11.0. The molecule has 1 aromatic carbocycles. The topological polar surface area (TPSA) is 47.9 Å². The molecule has 0 aliphatic rings. The summed E-state index contributed by atoms with van der Waals surface area (Å²) < 4.78 is 17.6. The van der Waals surface area contributed by atoms with Gasteiger partial charge in [-0.2, -0.15) is 0 Å². The third-order valence-corrected chi connectivity index (χ3v) is 11.1. The monoisotopic (exact) mass is 476 g/mol. The van der Waals surface area contributed by atoms with E-state index in [4.69, 9.17) is 13.9 Å². The molecule has 0 fully saturated rings. The number of benzene rings is 1. The molecular weight excluding hydrogens is 428 g/mol. The number of ether oxygens (including phenoxy) is 2. The fraction of sp³-hybridized carbons (Fsp3) is 0.643. The molecule has 0 radical (unpaired) electrons. The average Bonchev–Trinajstić information content (AvgIpc) is 2.75. The van der Waals surface area contributed by atoms with Crippen LogP contribution in [0, 0.1) is 5.92 Å². The van der Waals surface area contributed by atoms with Gasteiger partial charge in [0.25, 0.3) is 0 Å². The number of allylic oxidation sites excluding steroid dienone is 2. The van der Waals surface area contributed by atoms with Crippen molar-refractivity contribution in [3.05, 3.63) is 53.6 Å². The zero-order valence-corrected chi connectivity index (χ0v) is 23.5. The smallest absolute Gasteiger partial charge is 0.191 e. The lowest BCUT2D eigenvalue weighted by Gasteiger charge is -2.36. The predicted octanol–water partition coefficient (Wildman–Crippen LogP) is 7.29. The Morgan fingerprint density at radius 3 is 2.24 bits per heavy atom. The maximum atomic E-state index is 10.8. The van der Waals surface area contributed by atoms with Crippen LogP contribution in [-0.4, -0.2) is 39.3 Å². The van der Waals surface area contributed by atoms with Gasteiger partial charge in [-0.05, 0) is 74.9 Å². The Bertz CT molecular complexity index is 727. The number of rotatable bonds is 14. The van der Waals surface area contributed by atoms with Gasteiger partial charge in [0, 0.05) is 6.61 Å². The Morgan fingerprint density at radius 2 is 1.73 bits per heavy atom. The fourth-order valence-corrected chi connectivity index (χ4v) is 4.28. The highest BCUT2D eigenvalue weighted by atomic mass is 28.4. The van der Waals surface area contributed by atoms with E-state index in [1.54, 1.807) is 7.11 Å². The van der Waals surface area contributed by atoms with Crippen molar-refractivity contribution in [2.24, 2.45) is 5.92 Å². The zero-order valence-electron chi connectivity index (χ0n) is 22.5. The minimum atomic E-state index is -1.68. The van der Waals surface area contributed by atoms with Gasteiger partial charge in [-0.1, -0.05) is 63.6 Å². The third-order valence-electron chi connectivity index (χ3n) is 6.53. The zero-order chi connectivity index (χ0) is 25.1. The Morgan fingerprint density at radius 1 is 1.09 bits per heavy atom. The van der Waals surface area contributed by atoms with Gasteiger partial charge in [-0.3, -0.25) is 0 Å². The van der Waals surface area contributed by atoms with Crippen LogP contribution in [0.4, 0.5) is 0 Å². The average molecular weight is 477 g/mol. The highest BCUT2D eigenvalue weighted by molar-refractivity contribution is 6.74. The van der Waals surface area contributed by atoms with Crippen molar-refractivity contribution in [2.75, 3.05) is 13.7 Å². The standard InChI is InChI=1S/C28H48O4Si/c1-10-23(12-11-19-32-33(8,9)28(4,5)6)15-18-26(29)27(20-22(2)3)31-21-24-13-16-25(30-7)17-14-24/h13-18,20,23,26-27,29H,10-12,19,21H2,1-9H3/b18-15+/t23-,26+,27+/m1/s1. The first-order chi connectivity index (χ1) is 15.4. The first-order valence-corrected chi connectivity index (χ1v) is 15.2. The number of methoxy groups -OCH3 is 1. The van der Waals surface area contributed by atoms with Crippen LogP contribution in [0.2, 0.25) is 18.1 Å². The Balaban J connectivity index is 2.63. The predicted molar refractivity (Wildman–Crippen MR) is 142 cm³/mol. The van der Waals surface area contributed by atoms with E-state index in [0.717, 1.165) is 42.8 Å². The molecule has 33 heavy (non-hydrogen) atoms. The van der Waals surface area contributed by atoms with E-state index in [9.17, 15) is 5.11 Å². The van der Waals surface area contributed by atoms with Crippen molar-refractivity contribution in [3.8, 4) is 5.75 Å². The molecule has 1 aromatic rings. The van der Waals surface area contributed by atoms with Crippen LogP contribution in [0.5, 0.6) is 5.75 Å². The molecule has 0 heterocycles. The molecule has 0 spiro atoms. The van der Waals surface area contributed by atoms with Gasteiger partial charge in [-0.25, -0.2) is 0 Å². The summed E-state index contributed by atoms with van der Waals surface area (Å²) in [6, 6.07) is 7.82. The molecule has 0 aliphatic carbocycles. The maximum absolute atomic E-state index is 10.8. The van der Waals surface area contributed by atoms with Crippen molar-refractivity contribution in [1.29, 1.82) is 0 Å². The molecule has 1 rings (SSSR count). The van der Waals surface area contributed by atoms with Gasteiger partial charge < -0.3 is 19.0 Å². The molecular formula is C28H48O4Si. The van der Waals surface area contributed by atoms with Gasteiger partial charge in [0.15, 0.2) is 8.32 Å². The Hall–Kier alpha value is -1.40. The second-order valence-electron chi connectivity index (χ2n) is 10.7. The number of hydrogen-bond acceptors (Lipinski definition) is 4. The summed E-state index contributed by atoms with van der Waals surface area (Å²) in [6.45, 7) is 18.9. The number of aliphatic hydroxyl groups excluding tert-OH is 1. The van der Waals surface area contributed by atoms with E-state index in [0.29, 0.717) is 12.5 Å². The first kappa shape index (κ1) is 29.6. The van der Waals surface area contributed by atoms with Crippen molar-refractivity contribution in [1.82, 2.24) is 0 Å². The molecule has 0 aromatic heterocycles. The molecule has 0 aliphatic heterocycles. The Labute approximate surface area is 204 Å². The minimum absolute atomic E-state index is 0.243. The second kappa shape index (κ2) is 14.1. The second-order valence-corrected chi connectivity index (χ2v) is 15.5. The van der Waals surface area contributed by atoms with E-state index < -0.39 is 14.4 Å². The molecule has 0 saturated heterocycles. The van der Waals surface area contributed by atoms with Crippen molar-refractivity contribution in [2.45, 2.75) is 97.8 Å². The molecule has 0 bridgehead atoms. The Kier molecular flexibility index (Phi) is 12.7. The van der Waals surface area contributed by atoms with E-state index in [1.165, 1.54) is 0 Å². The SMILES string of the molecule is CC[C@@H](/C=C/[C@H](O)[C@H](C=C(C)C)OCc1ccc(OC)cc1)CCCO[Si](C)(C)C(C)(C)C. The summed E-state index contributed by atoms with van der Waals surface area (Å²) in [4.78, 5) is 0. The van der Waals surface area contributed by atoms with E-state index in [-0.39, 0.29) is 11.1 Å². The van der Waals surface area contributed by atoms with Gasteiger partial charge in [-0.15, -0.1) is 0 Å². The van der Waals surface area contributed by atoms with E-state index in [1.807, 2.05) is 50.3 Å². The maximum Gasteiger partial charge on any atom is 0.191 e. The fourth-order valence-electron chi connectivity index (χ4n) is 3.19. The summed E-state index contributed by atoms with van der Waals surface area (Å²) in [5, 5.41) is 11.1. The summed E-state index contributed by atoms with van der Waals surface area (Å²) >= 11 is 0. The molecule has 5 heteroatoms. The van der Waals surface area contributed by atoms with Crippen molar-refractivity contribution in [3.63, 3.8) is 0 Å². The van der Waals surface area contributed by atoms with Gasteiger partial charge in [0.2, 0.25) is 0 Å². The van der Waals surface area contributed by atoms with Crippen LogP contribution >= 0.6 is 0 Å². The number of hydrogen-bond donors (Lipinski definition) is 1. The summed E-state index contributed by atoms with van der Waals surface area (Å²) in [6.07, 6.45) is 8.13. The van der Waals surface area contributed by atoms with Gasteiger partial charge in [0.1, 0.15) is 18.0 Å². The highest BCUT2D eigenvalue weighted by Crippen LogP contribution is 2.36. The van der Waals surface area contributed by atoms with E-state index >= 15 is 0 Å². The molecule has 0 saturated carbocycles. The normalized spacial score (nSPS) is 15.3. The van der Waals surface area contributed by atoms with Crippen LogP contribution in [-0.2, 0) is 15.8 Å². The largest absolute Gasteiger partial charge is 0.497 e. The molecule has 0 amide bonds. The van der Waals surface area contributed by atoms with Crippen LogP contribution in [0.1, 0.15) is 66.4 Å². The van der Waals surface area contributed by atoms with Gasteiger partial charge >= 0.3 is 0 Å². The number of aliphatic hydroxyl groups is 1. The lowest BCUT2D eigenvalue weighted by molar-refractivity contribution is 0.00129. The summed E-state index contributed by atoms with van der Waals surface area (Å²) in [7, 11) is -0.0280. The van der Waals surface area contributed by atoms with Crippen LogP contribution in [0.3, 0.4) is 0 Å². The van der Waals surface area contributed by atoms with Gasteiger partial charge in [0.05, 0.1) is 13.7 Å². The lowest BCUT2D eigenvalue weighted by Crippen LogP contribution is -2.41. The van der Waals surface area contributed by atoms with Crippen molar-refractivity contribution >= 4 is 8.32 Å². The molecule has 4 nitrogen and oxygen atoms in total. The van der Waals surface area contributed by atoms with Crippen molar-refractivity contribution < 1.29 is 19.0 Å². The van der Waals surface area contributed by atoms with Crippen LogP contribution in [0.15, 0.2) is 48.1 Å². The van der Waals surface area contributed by atoms with Crippen LogP contribution < -0.4 is 4.74 Å². The minimum Gasteiger partial charge on any atom is -0.497 e.